The van der Waals surface area contributed by atoms with Gasteiger partial charge in [0.15, 0.2) is 0 Å². The third-order valence-corrected chi connectivity index (χ3v) is 4.90. The van der Waals surface area contributed by atoms with Crippen LogP contribution in [0.2, 0.25) is 5.02 Å². The van der Waals surface area contributed by atoms with Gasteiger partial charge in [0.25, 0.3) is 0 Å². The van der Waals surface area contributed by atoms with Gasteiger partial charge in [-0.15, -0.1) is 0 Å². The van der Waals surface area contributed by atoms with Crippen molar-refractivity contribution >= 4 is 46.7 Å². The summed E-state index contributed by atoms with van der Waals surface area (Å²) in [4.78, 5) is 23.0. The predicted octanol–water partition coefficient (Wildman–Crippen LogP) is 4.05. The van der Waals surface area contributed by atoms with Gasteiger partial charge in [0.05, 0.1) is 11.4 Å². The van der Waals surface area contributed by atoms with E-state index in [4.69, 9.17) is 39.6 Å². The van der Waals surface area contributed by atoms with Crippen molar-refractivity contribution in [3.8, 4) is 0 Å². The molecule has 0 atom stereocenters. The average molecular weight is 415 g/mol. The van der Waals surface area contributed by atoms with Gasteiger partial charge in [0.2, 0.25) is 0 Å². The highest BCUT2D eigenvalue weighted by molar-refractivity contribution is 7.99. The lowest BCUT2D eigenvalue weighted by Crippen LogP contribution is -2.25. The fourth-order valence-corrected chi connectivity index (χ4v) is 3.67. The third-order valence-electron chi connectivity index (χ3n) is 3.53. The second-order valence-electron chi connectivity index (χ2n) is 5.45. The Bertz CT molecular complexity index is 993. The van der Waals surface area contributed by atoms with E-state index in [0.717, 1.165) is 21.2 Å². The summed E-state index contributed by atoms with van der Waals surface area (Å²) >= 11 is 7.83. The first kappa shape index (κ1) is 13.9. The second kappa shape index (κ2) is 9.64. The summed E-state index contributed by atoms with van der Waals surface area (Å²) in [6.07, 6.45) is 0.377. The van der Waals surface area contributed by atoms with Crippen LogP contribution in [0.1, 0.15) is 14.6 Å². The van der Waals surface area contributed by atoms with E-state index in [1.807, 2.05) is 42.5 Å². The summed E-state index contributed by atoms with van der Waals surface area (Å²) in [6.45, 7) is -4.91. The lowest BCUT2D eigenvalue weighted by molar-refractivity contribution is -0.159. The molecule has 0 bridgehead atoms. The Morgan fingerprint density at radius 3 is 2.44 bits per heavy atom. The number of carbonyl (C=O) groups is 2. The number of para-hydroxylation sites is 1. The van der Waals surface area contributed by atoms with Gasteiger partial charge in [-0.3, -0.25) is 0 Å². The van der Waals surface area contributed by atoms with E-state index in [0.29, 0.717) is 22.9 Å². The lowest BCUT2D eigenvalue weighted by Gasteiger charge is -2.33. The molecule has 1 aliphatic heterocycles. The Kier molecular flexibility index (Phi) is 4.95. The van der Waals surface area contributed by atoms with Gasteiger partial charge >= 0.3 is 11.9 Å². The van der Waals surface area contributed by atoms with E-state index in [-0.39, 0.29) is 6.54 Å². The molecule has 0 radical (unpaired) electrons. The summed E-state index contributed by atoms with van der Waals surface area (Å²) in [7, 11) is 0. The highest BCUT2D eigenvalue weighted by Gasteiger charge is 2.22. The second-order valence-corrected chi connectivity index (χ2v) is 6.97. The zero-order valence-corrected chi connectivity index (χ0v) is 15.6. The van der Waals surface area contributed by atoms with E-state index in [2.05, 4.69) is 4.90 Å². The first-order valence-electron chi connectivity index (χ1n) is 10.8. The van der Waals surface area contributed by atoms with Crippen molar-refractivity contribution < 1.29 is 28.0 Å². The molecule has 27 heavy (non-hydrogen) atoms. The molecule has 6 nitrogen and oxygen atoms in total. The van der Waals surface area contributed by atoms with Crippen LogP contribution in [-0.2, 0) is 9.59 Å². The van der Waals surface area contributed by atoms with Crippen molar-refractivity contribution in [3.63, 3.8) is 0 Å². The molecule has 0 saturated heterocycles. The third kappa shape index (κ3) is 5.89. The molecule has 1 aliphatic rings. The number of nitrogens with zero attached hydrogens (tertiary/aromatic N) is 2. The molecule has 2 N–H and O–H groups in total. The molecule has 0 fully saturated rings. The largest absolute Gasteiger partial charge is 0.473 e. The number of benzene rings is 2. The molecule has 0 amide bonds. The monoisotopic (exact) mass is 414 g/mol. The molecule has 1 heterocycles. The molecule has 0 saturated carbocycles. The standard InChI is InChI=1S/C17H19ClN2S.C2H2O4/c1-19(2)10-5-11-20-14-6-3-4-7-16(14)21-17-9-8-13(18)12-15(17)20;3-1(4)2(5)6/h3-4,6-9,12H,5,10-11H2,1-2H3;(H,3,4)(H,5,6)/i1D3,2D3;. The molecular formula is C19H21ClN2O4S. The van der Waals surface area contributed by atoms with Crippen molar-refractivity contribution in [1.29, 1.82) is 0 Å². The predicted molar refractivity (Wildman–Crippen MR) is 107 cm³/mol. The van der Waals surface area contributed by atoms with E-state index in [1.165, 1.54) is 0 Å². The fourth-order valence-electron chi connectivity index (χ4n) is 2.43. The number of hydrogen-bond acceptors (Lipinski definition) is 5. The molecule has 0 unspecified atom stereocenters. The first-order valence-corrected chi connectivity index (χ1v) is 8.99. The van der Waals surface area contributed by atoms with E-state index < -0.39 is 25.9 Å². The molecule has 2 aromatic rings. The maximum atomic E-state index is 9.10. The van der Waals surface area contributed by atoms with Gasteiger partial charge in [-0.05, 0) is 57.2 Å². The summed E-state index contributed by atoms with van der Waals surface area (Å²) in [5.74, 6) is -3.65. The van der Waals surface area contributed by atoms with Crippen LogP contribution < -0.4 is 4.90 Å². The van der Waals surface area contributed by atoms with Crippen molar-refractivity contribution in [2.24, 2.45) is 0 Å². The molecular weight excluding hydrogens is 388 g/mol. The summed E-state index contributed by atoms with van der Waals surface area (Å²) in [5.41, 5.74) is 1.95. The Morgan fingerprint density at radius 1 is 1.11 bits per heavy atom. The van der Waals surface area contributed by atoms with Crippen LogP contribution in [0.25, 0.3) is 0 Å². The van der Waals surface area contributed by atoms with Gasteiger partial charge in [-0.2, -0.15) is 0 Å². The number of halogens is 1. The number of carboxylic acid groups (broad SMARTS) is 2. The minimum Gasteiger partial charge on any atom is -0.473 e. The normalized spacial score (nSPS) is 16.1. The minimum atomic E-state index is -2.66. The van der Waals surface area contributed by atoms with Crippen molar-refractivity contribution in [1.82, 2.24) is 4.90 Å². The van der Waals surface area contributed by atoms with E-state index in [1.54, 1.807) is 11.8 Å². The lowest BCUT2D eigenvalue weighted by atomic mass is 10.2. The van der Waals surface area contributed by atoms with Crippen LogP contribution in [0, 0.1) is 0 Å². The quantitative estimate of drug-likeness (QED) is 0.730. The van der Waals surface area contributed by atoms with Crippen LogP contribution in [-0.4, -0.2) is 54.1 Å². The Labute approximate surface area is 175 Å². The number of aliphatic carboxylic acids is 2. The molecule has 144 valence electrons. The van der Waals surface area contributed by atoms with Crippen LogP contribution >= 0.6 is 23.4 Å². The maximum absolute atomic E-state index is 9.10. The van der Waals surface area contributed by atoms with Gasteiger partial charge in [0, 0.05) is 29.6 Å². The molecule has 0 spiro atoms. The molecule has 0 aliphatic carbocycles. The smallest absolute Gasteiger partial charge is 0.414 e. The maximum Gasteiger partial charge on any atom is 0.414 e. The number of carboxylic acids is 2. The van der Waals surface area contributed by atoms with E-state index >= 15 is 0 Å². The van der Waals surface area contributed by atoms with Gasteiger partial charge in [0.1, 0.15) is 0 Å². The summed E-state index contributed by atoms with van der Waals surface area (Å²) in [5, 5.41) is 15.4. The van der Waals surface area contributed by atoms with E-state index in [9.17, 15) is 0 Å². The molecule has 2 aromatic carbocycles. The molecule has 3 rings (SSSR count). The number of rotatable bonds is 4. The number of hydrogen-bond donors (Lipinski definition) is 2. The van der Waals surface area contributed by atoms with Gasteiger partial charge in [-0.25, -0.2) is 9.59 Å². The fraction of sp³-hybridized carbons (Fsp3) is 0.263. The molecule has 8 heteroatoms. The van der Waals surface area contributed by atoms with Crippen LogP contribution in [0.5, 0.6) is 0 Å². The average Bonchev–Trinajstić information content (AvgIpc) is 2.69. The van der Waals surface area contributed by atoms with Crippen molar-refractivity contribution in [2.75, 3.05) is 31.9 Å². The Balaban J connectivity index is 0.000000569. The van der Waals surface area contributed by atoms with Crippen molar-refractivity contribution in [3.05, 3.63) is 47.5 Å². The van der Waals surface area contributed by atoms with Crippen LogP contribution in [0.3, 0.4) is 0 Å². The minimum absolute atomic E-state index is 0.0608. The SMILES string of the molecule is O=C(O)C(=O)O.[2H]C([2H])([2H])N(CCCN1c2ccccc2Sc2ccc(Cl)cc21)C([2H])([2H])[2H]. The topological polar surface area (TPSA) is 81.1 Å². The zero-order chi connectivity index (χ0) is 25.0. The highest BCUT2D eigenvalue weighted by atomic mass is 35.5. The highest BCUT2D eigenvalue weighted by Crippen LogP contribution is 2.48. The Morgan fingerprint density at radius 2 is 1.78 bits per heavy atom. The van der Waals surface area contributed by atoms with Gasteiger partial charge in [-0.1, -0.05) is 35.5 Å². The summed E-state index contributed by atoms with van der Waals surface area (Å²) < 4.78 is 45.0. The Hall–Kier alpha value is -2.22. The zero-order valence-electron chi connectivity index (χ0n) is 20.1. The number of fused-ring (bicyclic) bond motifs is 2. The first-order chi connectivity index (χ1) is 15.2. The summed E-state index contributed by atoms with van der Waals surface area (Å²) in [6, 6.07) is 13.6. The van der Waals surface area contributed by atoms with Crippen LogP contribution in [0.15, 0.2) is 52.3 Å². The van der Waals surface area contributed by atoms with Crippen LogP contribution in [0.4, 0.5) is 11.4 Å². The van der Waals surface area contributed by atoms with Crippen molar-refractivity contribution in [2.45, 2.75) is 16.2 Å². The van der Waals surface area contributed by atoms with Gasteiger partial charge < -0.3 is 20.0 Å². The molecule has 0 aromatic heterocycles. The number of anilines is 2.